The number of benzene rings is 2. The predicted molar refractivity (Wildman–Crippen MR) is 135 cm³/mol. The lowest BCUT2D eigenvalue weighted by molar-refractivity contribution is -0.149. The van der Waals surface area contributed by atoms with Gasteiger partial charge in [-0.15, -0.1) is 5.10 Å². The first-order chi connectivity index (χ1) is 18.3. The maximum Gasteiger partial charge on any atom is 0.311 e. The summed E-state index contributed by atoms with van der Waals surface area (Å²) in [5.41, 5.74) is 9.29. The van der Waals surface area contributed by atoms with Crippen molar-refractivity contribution in [2.75, 3.05) is 25.9 Å². The summed E-state index contributed by atoms with van der Waals surface area (Å²) in [6.45, 7) is 0.450. The number of carbonyl (C=O) groups excluding carboxylic acids is 1. The predicted octanol–water partition coefficient (Wildman–Crippen LogP) is 1.70. The number of nitrogens with zero attached hydrogens (tertiary/aromatic N) is 7. The molecule has 1 fully saturated rings. The van der Waals surface area contributed by atoms with Gasteiger partial charge < -0.3 is 10.5 Å². The summed E-state index contributed by atoms with van der Waals surface area (Å²) in [4.78, 5) is 20.3. The topological polar surface area (TPSA) is 170 Å². The second-order valence-corrected chi connectivity index (χ2v) is 10.6. The minimum Gasteiger partial charge on any atom is -0.469 e. The molecule has 1 aliphatic rings. The Hall–Kier alpha value is -4.67. The van der Waals surface area contributed by atoms with Crippen LogP contribution >= 0.6 is 0 Å². The standard InChI is InChI=1S/C25H22N8O4S/c1-37-24(34)19-13-33(14-19)38(35,36)20-7-3-5-17(9-20)12-32-15-23(30-31-32)22-10-21(28-25(27)29-22)18-6-2-4-16(8-18)11-26/h2-10,15,19H,12-14H2,1H3,(H2,27,28,29). The first-order valence-corrected chi connectivity index (χ1v) is 12.9. The van der Waals surface area contributed by atoms with Gasteiger partial charge in [-0.2, -0.15) is 9.57 Å². The van der Waals surface area contributed by atoms with E-state index in [1.807, 2.05) is 6.07 Å². The van der Waals surface area contributed by atoms with Gasteiger partial charge in [0.25, 0.3) is 0 Å². The Balaban J connectivity index is 1.34. The number of aromatic nitrogens is 5. The molecule has 0 bridgehead atoms. The van der Waals surface area contributed by atoms with Crippen molar-refractivity contribution in [3.05, 3.63) is 71.9 Å². The molecule has 0 atom stereocenters. The molecule has 5 rings (SSSR count). The molecule has 38 heavy (non-hydrogen) atoms. The number of hydrogen-bond donors (Lipinski definition) is 1. The van der Waals surface area contributed by atoms with E-state index in [1.165, 1.54) is 17.5 Å². The molecule has 3 heterocycles. The molecule has 0 saturated carbocycles. The number of hydrogen-bond acceptors (Lipinski definition) is 10. The van der Waals surface area contributed by atoms with E-state index in [0.29, 0.717) is 33.8 Å². The van der Waals surface area contributed by atoms with E-state index in [9.17, 15) is 18.5 Å². The molecule has 0 unspecified atom stereocenters. The second kappa shape index (κ2) is 10.0. The zero-order chi connectivity index (χ0) is 26.9. The Morgan fingerprint density at radius 2 is 1.87 bits per heavy atom. The number of anilines is 1. The maximum atomic E-state index is 13.0. The van der Waals surface area contributed by atoms with E-state index in [4.69, 9.17) is 5.73 Å². The molecule has 1 saturated heterocycles. The summed E-state index contributed by atoms with van der Waals surface area (Å²) in [6.07, 6.45) is 1.68. The second-order valence-electron chi connectivity index (χ2n) is 8.68. The van der Waals surface area contributed by atoms with Crippen molar-refractivity contribution in [2.45, 2.75) is 11.4 Å². The fraction of sp³-hybridized carbons (Fsp3) is 0.200. The number of nitrogens with two attached hydrogens (primary N) is 1. The first kappa shape index (κ1) is 25.0. The number of nitrogen functional groups attached to an aromatic ring is 1. The highest BCUT2D eigenvalue weighted by molar-refractivity contribution is 7.89. The smallest absolute Gasteiger partial charge is 0.311 e. The summed E-state index contributed by atoms with van der Waals surface area (Å²) in [7, 11) is -2.46. The highest BCUT2D eigenvalue weighted by Crippen LogP contribution is 2.27. The number of rotatable bonds is 7. The van der Waals surface area contributed by atoms with Crippen molar-refractivity contribution in [3.63, 3.8) is 0 Å². The lowest BCUT2D eigenvalue weighted by atomic mass is 10.0. The molecule has 1 aliphatic heterocycles. The summed E-state index contributed by atoms with van der Waals surface area (Å²) in [5, 5.41) is 17.5. The lowest BCUT2D eigenvalue weighted by Crippen LogP contribution is -2.53. The van der Waals surface area contributed by atoms with Crippen LogP contribution in [0.25, 0.3) is 22.6 Å². The molecular weight excluding hydrogens is 508 g/mol. The largest absolute Gasteiger partial charge is 0.469 e. The van der Waals surface area contributed by atoms with Crippen molar-refractivity contribution in [2.24, 2.45) is 5.92 Å². The van der Waals surface area contributed by atoms with Crippen molar-refractivity contribution < 1.29 is 17.9 Å². The van der Waals surface area contributed by atoms with E-state index in [1.54, 1.807) is 53.3 Å². The minimum absolute atomic E-state index is 0.0488. The molecular formula is C25H22N8O4S. The summed E-state index contributed by atoms with van der Waals surface area (Å²) in [5.74, 6) is -0.814. The number of nitriles is 1. The molecule has 4 aromatic rings. The summed E-state index contributed by atoms with van der Waals surface area (Å²) >= 11 is 0. The zero-order valence-corrected chi connectivity index (χ0v) is 21.0. The number of ether oxygens (including phenoxy) is 1. The maximum absolute atomic E-state index is 13.0. The van der Waals surface area contributed by atoms with E-state index < -0.39 is 21.9 Å². The Kier molecular flexibility index (Phi) is 6.58. The van der Waals surface area contributed by atoms with Crippen LogP contribution in [0.4, 0.5) is 5.95 Å². The molecule has 13 heteroatoms. The van der Waals surface area contributed by atoms with Gasteiger partial charge in [0, 0.05) is 18.7 Å². The van der Waals surface area contributed by atoms with E-state index >= 15 is 0 Å². The Morgan fingerprint density at radius 3 is 2.63 bits per heavy atom. The number of esters is 1. The fourth-order valence-corrected chi connectivity index (χ4v) is 5.68. The van der Waals surface area contributed by atoms with Crippen LogP contribution in [0.1, 0.15) is 11.1 Å². The van der Waals surface area contributed by atoms with Gasteiger partial charge in [-0.25, -0.2) is 23.1 Å². The SMILES string of the molecule is COC(=O)C1CN(S(=O)(=O)c2cccc(Cn3cc(-c4cc(-c5cccc(C#N)c5)nc(N)n4)nn3)c2)C1. The van der Waals surface area contributed by atoms with Gasteiger partial charge in [-0.05, 0) is 35.9 Å². The van der Waals surface area contributed by atoms with Crippen LogP contribution < -0.4 is 5.73 Å². The van der Waals surface area contributed by atoms with Crippen LogP contribution in [-0.2, 0) is 26.1 Å². The average Bonchev–Trinajstić information content (AvgIpc) is 3.36. The fourth-order valence-electron chi connectivity index (χ4n) is 4.08. The lowest BCUT2D eigenvalue weighted by Gasteiger charge is -2.36. The van der Waals surface area contributed by atoms with Crippen molar-refractivity contribution in [3.8, 4) is 28.7 Å². The average molecular weight is 531 g/mol. The molecule has 12 nitrogen and oxygen atoms in total. The molecule has 2 aromatic carbocycles. The zero-order valence-electron chi connectivity index (χ0n) is 20.2. The van der Waals surface area contributed by atoms with E-state index in [2.05, 4.69) is 31.1 Å². The van der Waals surface area contributed by atoms with Crippen molar-refractivity contribution in [1.82, 2.24) is 29.3 Å². The van der Waals surface area contributed by atoms with Crippen molar-refractivity contribution >= 4 is 21.9 Å². The quantitative estimate of drug-likeness (QED) is 0.347. The minimum atomic E-state index is -3.74. The molecule has 0 spiro atoms. The third kappa shape index (κ3) is 4.95. The summed E-state index contributed by atoms with van der Waals surface area (Å²) in [6, 6.07) is 17.3. The van der Waals surface area contributed by atoms with Crippen molar-refractivity contribution in [1.29, 1.82) is 5.26 Å². The monoisotopic (exact) mass is 530 g/mol. The number of carbonyl (C=O) groups is 1. The molecule has 0 aliphatic carbocycles. The Morgan fingerprint density at radius 1 is 1.11 bits per heavy atom. The van der Waals surface area contributed by atoms with Crippen LogP contribution in [0.15, 0.2) is 65.7 Å². The third-order valence-electron chi connectivity index (χ3n) is 6.10. The van der Waals surface area contributed by atoms with Gasteiger partial charge in [0.05, 0.1) is 53.7 Å². The van der Waals surface area contributed by atoms with Gasteiger partial charge >= 0.3 is 5.97 Å². The van der Waals surface area contributed by atoms with Gasteiger partial charge in [0.2, 0.25) is 16.0 Å². The Labute approximate surface area is 218 Å². The number of methoxy groups -OCH3 is 1. The number of sulfonamides is 1. The van der Waals surface area contributed by atoms with Gasteiger partial charge in [-0.1, -0.05) is 29.5 Å². The van der Waals surface area contributed by atoms with Gasteiger partial charge in [0.1, 0.15) is 5.69 Å². The first-order valence-electron chi connectivity index (χ1n) is 11.5. The molecule has 0 amide bonds. The van der Waals surface area contributed by atoms with Gasteiger partial charge in [-0.3, -0.25) is 4.79 Å². The van der Waals surface area contributed by atoms with Crippen LogP contribution in [0.5, 0.6) is 0 Å². The van der Waals surface area contributed by atoms with Crippen LogP contribution in [0, 0.1) is 17.2 Å². The Bertz CT molecular complexity index is 1670. The summed E-state index contributed by atoms with van der Waals surface area (Å²) < 4.78 is 33.5. The molecule has 2 N–H and O–H groups in total. The van der Waals surface area contributed by atoms with Gasteiger partial charge in [0.15, 0.2) is 0 Å². The van der Waals surface area contributed by atoms with Crippen LogP contribution in [0.2, 0.25) is 0 Å². The normalized spacial score (nSPS) is 14.0. The molecule has 2 aromatic heterocycles. The third-order valence-corrected chi connectivity index (χ3v) is 7.92. The molecule has 192 valence electrons. The highest BCUT2D eigenvalue weighted by atomic mass is 32.2. The molecule has 0 radical (unpaired) electrons. The van der Waals surface area contributed by atoms with Crippen LogP contribution in [0.3, 0.4) is 0 Å². The van der Waals surface area contributed by atoms with E-state index in [-0.39, 0.29) is 30.5 Å². The highest BCUT2D eigenvalue weighted by Gasteiger charge is 2.41. The van der Waals surface area contributed by atoms with Crippen LogP contribution in [-0.4, -0.2) is 63.9 Å². The van der Waals surface area contributed by atoms with E-state index in [0.717, 1.165) is 0 Å².